The van der Waals surface area contributed by atoms with Crippen molar-refractivity contribution in [1.82, 2.24) is 0 Å². The minimum Gasteiger partial charge on any atom is -0.466 e. The first-order valence-corrected chi connectivity index (χ1v) is 5.37. The average Bonchev–Trinajstić information content (AvgIpc) is 2.20. The second kappa shape index (κ2) is 8.26. The molecule has 0 aromatic rings. The molecule has 0 aliphatic heterocycles. The largest absolute Gasteiger partial charge is 0.466 e. The van der Waals surface area contributed by atoms with Crippen molar-refractivity contribution in [3.63, 3.8) is 0 Å². The van der Waals surface area contributed by atoms with Crippen molar-refractivity contribution in [2.45, 2.75) is 40.0 Å². The van der Waals surface area contributed by atoms with Crippen molar-refractivity contribution in [1.29, 1.82) is 0 Å². The van der Waals surface area contributed by atoms with Gasteiger partial charge in [-0.2, -0.15) is 0 Å². The van der Waals surface area contributed by atoms with Gasteiger partial charge < -0.3 is 9.47 Å². The van der Waals surface area contributed by atoms with Gasteiger partial charge in [-0.15, -0.1) is 0 Å². The van der Waals surface area contributed by atoms with Gasteiger partial charge in [-0.3, -0.25) is 9.59 Å². The SMILES string of the molecule is CCCOC(=O)CCC(=O)OCC(C)C. The summed E-state index contributed by atoms with van der Waals surface area (Å²) in [4.78, 5) is 22.1. The third kappa shape index (κ3) is 9.25. The van der Waals surface area contributed by atoms with Gasteiger partial charge in [0.2, 0.25) is 0 Å². The number of ether oxygens (including phenoxy) is 2. The summed E-state index contributed by atoms with van der Waals surface area (Å²) in [6, 6.07) is 0. The van der Waals surface area contributed by atoms with E-state index >= 15 is 0 Å². The summed E-state index contributed by atoms with van der Waals surface area (Å²) in [6.45, 7) is 6.67. The van der Waals surface area contributed by atoms with E-state index in [2.05, 4.69) is 0 Å². The molecule has 0 N–H and O–H groups in total. The summed E-state index contributed by atoms with van der Waals surface area (Å²) < 4.78 is 9.73. The Balaban J connectivity index is 3.49. The Hall–Kier alpha value is -1.06. The van der Waals surface area contributed by atoms with Gasteiger partial charge in [-0.25, -0.2) is 0 Å². The van der Waals surface area contributed by atoms with Crippen LogP contribution in [0.4, 0.5) is 0 Å². The number of rotatable bonds is 7. The van der Waals surface area contributed by atoms with Crippen LogP contribution < -0.4 is 0 Å². The quantitative estimate of drug-likeness (QED) is 0.610. The molecule has 0 aliphatic carbocycles. The summed E-state index contributed by atoms with van der Waals surface area (Å²) in [6.07, 6.45) is 1.01. The highest BCUT2D eigenvalue weighted by Crippen LogP contribution is 1.99. The van der Waals surface area contributed by atoms with Crippen LogP contribution in [0.1, 0.15) is 40.0 Å². The van der Waals surface area contributed by atoms with Gasteiger partial charge >= 0.3 is 11.9 Å². The van der Waals surface area contributed by atoms with Gasteiger partial charge in [-0.1, -0.05) is 20.8 Å². The van der Waals surface area contributed by atoms with E-state index in [4.69, 9.17) is 9.47 Å². The van der Waals surface area contributed by atoms with E-state index in [1.807, 2.05) is 20.8 Å². The zero-order valence-corrected chi connectivity index (χ0v) is 9.75. The highest BCUT2D eigenvalue weighted by atomic mass is 16.5. The van der Waals surface area contributed by atoms with Crippen LogP contribution in [-0.2, 0) is 19.1 Å². The number of hydrogen-bond acceptors (Lipinski definition) is 4. The fraction of sp³-hybridized carbons (Fsp3) is 0.818. The lowest BCUT2D eigenvalue weighted by molar-refractivity contribution is -0.150. The van der Waals surface area contributed by atoms with Crippen LogP contribution in [0, 0.1) is 5.92 Å². The number of carbonyl (C=O) groups excluding carboxylic acids is 2. The molecule has 0 radical (unpaired) electrons. The lowest BCUT2D eigenvalue weighted by atomic mass is 10.2. The molecule has 0 atom stereocenters. The second-order valence-electron chi connectivity index (χ2n) is 3.80. The van der Waals surface area contributed by atoms with E-state index in [1.54, 1.807) is 0 Å². The van der Waals surface area contributed by atoms with E-state index in [-0.39, 0.29) is 24.8 Å². The number of carbonyl (C=O) groups is 2. The minimum atomic E-state index is -0.336. The van der Waals surface area contributed by atoms with Crippen LogP contribution in [-0.4, -0.2) is 25.2 Å². The fourth-order valence-electron chi connectivity index (χ4n) is 0.824. The van der Waals surface area contributed by atoms with Crippen molar-refractivity contribution in [3.8, 4) is 0 Å². The van der Waals surface area contributed by atoms with Crippen LogP contribution in [0.5, 0.6) is 0 Å². The topological polar surface area (TPSA) is 52.6 Å². The van der Waals surface area contributed by atoms with Crippen molar-refractivity contribution < 1.29 is 19.1 Å². The molecule has 0 heterocycles. The van der Waals surface area contributed by atoms with E-state index in [1.165, 1.54) is 0 Å². The molecule has 0 saturated heterocycles. The molecule has 0 rings (SSSR count). The Morgan fingerprint density at radius 2 is 1.60 bits per heavy atom. The standard InChI is InChI=1S/C11H20O4/c1-4-7-14-10(12)5-6-11(13)15-8-9(2)3/h9H,4-8H2,1-3H3. The third-order valence-corrected chi connectivity index (χ3v) is 1.58. The van der Waals surface area contributed by atoms with Gasteiger partial charge in [0.1, 0.15) is 0 Å². The molecule has 0 aromatic heterocycles. The first kappa shape index (κ1) is 13.9. The second-order valence-corrected chi connectivity index (χ2v) is 3.80. The Morgan fingerprint density at radius 3 is 2.07 bits per heavy atom. The Kier molecular flexibility index (Phi) is 7.68. The Morgan fingerprint density at radius 1 is 1.07 bits per heavy atom. The van der Waals surface area contributed by atoms with Gasteiger partial charge in [0, 0.05) is 0 Å². The van der Waals surface area contributed by atoms with Gasteiger partial charge in [0.05, 0.1) is 26.1 Å². The van der Waals surface area contributed by atoms with E-state index in [0.717, 1.165) is 6.42 Å². The molecule has 88 valence electrons. The van der Waals surface area contributed by atoms with Crippen LogP contribution in [0.15, 0.2) is 0 Å². The molecule has 0 bridgehead atoms. The maximum Gasteiger partial charge on any atom is 0.306 e. The van der Waals surface area contributed by atoms with Gasteiger partial charge in [0.25, 0.3) is 0 Å². The third-order valence-electron chi connectivity index (χ3n) is 1.58. The highest BCUT2D eigenvalue weighted by Gasteiger charge is 2.09. The molecule has 15 heavy (non-hydrogen) atoms. The molecular weight excluding hydrogens is 196 g/mol. The number of esters is 2. The normalized spacial score (nSPS) is 10.1. The lowest BCUT2D eigenvalue weighted by Gasteiger charge is -2.06. The van der Waals surface area contributed by atoms with Crippen LogP contribution in [0.3, 0.4) is 0 Å². The van der Waals surface area contributed by atoms with Crippen molar-refractivity contribution in [2.75, 3.05) is 13.2 Å². The highest BCUT2D eigenvalue weighted by molar-refractivity contribution is 5.77. The number of hydrogen-bond donors (Lipinski definition) is 0. The van der Waals surface area contributed by atoms with Crippen molar-refractivity contribution >= 4 is 11.9 Å². The minimum absolute atomic E-state index is 0.106. The molecule has 0 aromatic carbocycles. The Labute approximate surface area is 90.9 Å². The molecular formula is C11H20O4. The summed E-state index contributed by atoms with van der Waals surface area (Å²) in [5, 5.41) is 0. The van der Waals surface area contributed by atoms with E-state index in [9.17, 15) is 9.59 Å². The summed E-state index contributed by atoms with van der Waals surface area (Å²) in [5.74, 6) is -0.350. The maximum atomic E-state index is 11.1. The monoisotopic (exact) mass is 216 g/mol. The van der Waals surface area contributed by atoms with Crippen LogP contribution in [0.25, 0.3) is 0 Å². The predicted octanol–water partition coefficient (Wildman–Crippen LogP) is 1.92. The van der Waals surface area contributed by atoms with Gasteiger partial charge in [0.15, 0.2) is 0 Å². The molecule has 4 nitrogen and oxygen atoms in total. The molecule has 4 heteroatoms. The molecule has 0 aliphatic rings. The van der Waals surface area contributed by atoms with Crippen molar-refractivity contribution in [2.24, 2.45) is 5.92 Å². The average molecular weight is 216 g/mol. The molecule has 0 unspecified atom stereocenters. The molecule has 0 spiro atoms. The smallest absolute Gasteiger partial charge is 0.306 e. The summed E-state index contributed by atoms with van der Waals surface area (Å²) in [5.41, 5.74) is 0. The van der Waals surface area contributed by atoms with Crippen molar-refractivity contribution in [3.05, 3.63) is 0 Å². The van der Waals surface area contributed by atoms with E-state index in [0.29, 0.717) is 19.1 Å². The Bertz CT molecular complexity index is 199. The molecule has 0 saturated carbocycles. The summed E-state index contributed by atoms with van der Waals surface area (Å²) >= 11 is 0. The fourth-order valence-corrected chi connectivity index (χ4v) is 0.824. The molecule has 0 amide bonds. The van der Waals surface area contributed by atoms with Gasteiger partial charge in [-0.05, 0) is 12.3 Å². The zero-order valence-electron chi connectivity index (χ0n) is 9.75. The predicted molar refractivity (Wildman–Crippen MR) is 56.3 cm³/mol. The summed E-state index contributed by atoms with van der Waals surface area (Å²) in [7, 11) is 0. The van der Waals surface area contributed by atoms with Crippen LogP contribution in [0.2, 0.25) is 0 Å². The molecule has 0 fully saturated rings. The maximum absolute atomic E-state index is 11.1. The van der Waals surface area contributed by atoms with Crippen LogP contribution >= 0.6 is 0 Å². The first-order valence-electron chi connectivity index (χ1n) is 5.37. The lowest BCUT2D eigenvalue weighted by Crippen LogP contribution is -2.13. The first-order chi connectivity index (χ1) is 7.06. The zero-order chi connectivity index (χ0) is 11.7. The van der Waals surface area contributed by atoms with E-state index < -0.39 is 0 Å².